The molecule has 1 fully saturated rings. The standard InChI is InChI=1S/C18H14FN5O2S/c19-15-13(5-2-7-21-15)17(25)23-8-3-9-24(23)18(26)14-11-27-16(22-14)12-4-1-6-20-10-12/h1-2,4-7,10-11H,3,8-9H2. The normalized spacial score (nSPS) is 13.8. The Kier molecular flexibility index (Phi) is 4.59. The molecule has 0 bridgehead atoms. The van der Waals surface area contributed by atoms with Crippen molar-refractivity contribution in [2.24, 2.45) is 0 Å². The lowest BCUT2D eigenvalue weighted by Crippen LogP contribution is -2.45. The number of thiazole rings is 1. The molecule has 0 aliphatic carbocycles. The van der Waals surface area contributed by atoms with Crippen LogP contribution in [0.5, 0.6) is 0 Å². The smallest absolute Gasteiger partial charge is 0.267 e. The molecule has 0 spiro atoms. The summed E-state index contributed by atoms with van der Waals surface area (Å²) in [6, 6.07) is 6.49. The summed E-state index contributed by atoms with van der Waals surface area (Å²) in [4.78, 5) is 37.5. The molecule has 4 heterocycles. The van der Waals surface area contributed by atoms with Crippen LogP contribution >= 0.6 is 11.3 Å². The molecular formula is C18H14FN5O2S. The van der Waals surface area contributed by atoms with E-state index in [0.717, 1.165) is 5.56 Å². The Hall–Kier alpha value is -3.20. The van der Waals surface area contributed by atoms with Crippen molar-refractivity contribution in [3.63, 3.8) is 0 Å². The van der Waals surface area contributed by atoms with Crippen molar-refractivity contribution in [2.45, 2.75) is 6.42 Å². The third-order valence-corrected chi connectivity index (χ3v) is 5.01. The zero-order valence-electron chi connectivity index (χ0n) is 14.1. The average Bonchev–Trinajstić information content (AvgIpc) is 3.38. The lowest BCUT2D eigenvalue weighted by molar-refractivity contribution is 0.0179. The van der Waals surface area contributed by atoms with Crippen LogP contribution < -0.4 is 0 Å². The van der Waals surface area contributed by atoms with E-state index in [1.54, 1.807) is 23.8 Å². The predicted octanol–water partition coefficient (Wildman–Crippen LogP) is 2.64. The summed E-state index contributed by atoms with van der Waals surface area (Å²) >= 11 is 1.33. The van der Waals surface area contributed by atoms with Gasteiger partial charge in [-0.15, -0.1) is 11.3 Å². The highest BCUT2D eigenvalue weighted by atomic mass is 32.1. The molecule has 0 unspecified atom stereocenters. The second-order valence-electron chi connectivity index (χ2n) is 5.83. The fourth-order valence-electron chi connectivity index (χ4n) is 2.84. The Morgan fingerprint density at radius 2 is 1.85 bits per heavy atom. The van der Waals surface area contributed by atoms with Crippen LogP contribution in [0.25, 0.3) is 10.6 Å². The minimum absolute atomic E-state index is 0.161. The van der Waals surface area contributed by atoms with Gasteiger partial charge in [-0.25, -0.2) is 20.0 Å². The highest BCUT2D eigenvalue weighted by Gasteiger charge is 2.34. The fraction of sp³-hybridized carbons (Fsp3) is 0.167. The van der Waals surface area contributed by atoms with E-state index in [4.69, 9.17) is 0 Å². The molecule has 7 nitrogen and oxygen atoms in total. The maximum atomic E-state index is 13.9. The summed E-state index contributed by atoms with van der Waals surface area (Å²) in [6.45, 7) is 0.699. The number of hydrazine groups is 1. The van der Waals surface area contributed by atoms with Gasteiger partial charge < -0.3 is 0 Å². The number of hydrogen-bond donors (Lipinski definition) is 0. The van der Waals surface area contributed by atoms with Gasteiger partial charge in [-0.3, -0.25) is 14.6 Å². The minimum Gasteiger partial charge on any atom is -0.267 e. The van der Waals surface area contributed by atoms with Gasteiger partial charge in [0.1, 0.15) is 10.7 Å². The van der Waals surface area contributed by atoms with E-state index in [0.29, 0.717) is 24.5 Å². The molecule has 0 aromatic carbocycles. The molecule has 1 aliphatic heterocycles. The van der Waals surface area contributed by atoms with Gasteiger partial charge in [-0.05, 0) is 30.7 Å². The topological polar surface area (TPSA) is 79.3 Å². The van der Waals surface area contributed by atoms with Crippen LogP contribution in [-0.4, -0.2) is 49.9 Å². The Balaban J connectivity index is 1.57. The van der Waals surface area contributed by atoms with Crippen molar-refractivity contribution in [3.8, 4) is 10.6 Å². The van der Waals surface area contributed by atoms with E-state index < -0.39 is 17.8 Å². The third kappa shape index (κ3) is 3.28. The average molecular weight is 383 g/mol. The molecule has 0 saturated carbocycles. The molecule has 136 valence electrons. The lowest BCUT2D eigenvalue weighted by atomic mass is 10.2. The molecule has 27 heavy (non-hydrogen) atoms. The third-order valence-electron chi connectivity index (χ3n) is 4.12. The van der Waals surface area contributed by atoms with Gasteiger partial charge in [0, 0.05) is 42.6 Å². The quantitative estimate of drug-likeness (QED) is 0.650. The summed E-state index contributed by atoms with van der Waals surface area (Å²) in [5.74, 6) is -1.83. The van der Waals surface area contributed by atoms with E-state index in [1.165, 1.54) is 39.7 Å². The predicted molar refractivity (Wildman–Crippen MR) is 96.2 cm³/mol. The van der Waals surface area contributed by atoms with Gasteiger partial charge in [0.2, 0.25) is 5.95 Å². The molecule has 3 aromatic heterocycles. The first kappa shape index (κ1) is 17.2. The fourth-order valence-corrected chi connectivity index (χ4v) is 3.63. The molecule has 0 atom stereocenters. The van der Waals surface area contributed by atoms with Crippen LogP contribution in [0.1, 0.15) is 27.3 Å². The maximum absolute atomic E-state index is 13.9. The number of nitrogens with zero attached hydrogens (tertiary/aromatic N) is 5. The molecule has 0 N–H and O–H groups in total. The minimum atomic E-state index is -0.852. The van der Waals surface area contributed by atoms with Crippen molar-refractivity contribution < 1.29 is 14.0 Å². The Bertz CT molecular complexity index is 994. The molecule has 1 aliphatic rings. The van der Waals surface area contributed by atoms with E-state index in [-0.39, 0.29) is 11.3 Å². The van der Waals surface area contributed by atoms with Crippen LogP contribution in [0.15, 0.2) is 48.2 Å². The second kappa shape index (κ2) is 7.20. The second-order valence-corrected chi connectivity index (χ2v) is 6.69. The van der Waals surface area contributed by atoms with Crippen LogP contribution in [0.4, 0.5) is 4.39 Å². The van der Waals surface area contributed by atoms with Crippen LogP contribution in [0.3, 0.4) is 0 Å². The molecule has 2 amide bonds. The Morgan fingerprint density at radius 3 is 2.59 bits per heavy atom. The number of halogens is 1. The summed E-state index contributed by atoms with van der Waals surface area (Å²) in [7, 11) is 0. The van der Waals surface area contributed by atoms with Crippen LogP contribution in [0, 0.1) is 5.95 Å². The van der Waals surface area contributed by atoms with E-state index in [1.807, 2.05) is 6.07 Å². The molecule has 9 heteroatoms. The van der Waals surface area contributed by atoms with Gasteiger partial charge in [-0.1, -0.05) is 0 Å². The van der Waals surface area contributed by atoms with Gasteiger partial charge in [0.15, 0.2) is 0 Å². The zero-order chi connectivity index (χ0) is 18.8. The number of rotatable bonds is 3. The number of pyridine rings is 2. The first-order chi connectivity index (χ1) is 13.1. The van der Waals surface area contributed by atoms with E-state index in [2.05, 4.69) is 15.0 Å². The number of carbonyl (C=O) groups excluding carboxylic acids is 2. The van der Waals surface area contributed by atoms with Gasteiger partial charge in [0.25, 0.3) is 11.8 Å². The first-order valence-electron chi connectivity index (χ1n) is 8.25. The number of hydrogen-bond acceptors (Lipinski definition) is 6. The highest BCUT2D eigenvalue weighted by Crippen LogP contribution is 2.25. The summed E-state index contributed by atoms with van der Waals surface area (Å²) in [5.41, 5.74) is 0.894. The first-order valence-corrected chi connectivity index (χ1v) is 9.13. The molecule has 4 rings (SSSR count). The van der Waals surface area contributed by atoms with Crippen molar-refractivity contribution in [3.05, 3.63) is 65.4 Å². The molecule has 1 saturated heterocycles. The Labute approximate surface area is 158 Å². The summed E-state index contributed by atoms with van der Waals surface area (Å²) in [6.07, 6.45) is 5.21. The van der Waals surface area contributed by atoms with Crippen molar-refractivity contribution in [2.75, 3.05) is 13.1 Å². The zero-order valence-corrected chi connectivity index (χ0v) is 14.9. The van der Waals surface area contributed by atoms with E-state index in [9.17, 15) is 14.0 Å². The van der Waals surface area contributed by atoms with Crippen LogP contribution in [-0.2, 0) is 0 Å². The molecular weight excluding hydrogens is 369 g/mol. The van der Waals surface area contributed by atoms with Crippen molar-refractivity contribution in [1.82, 2.24) is 25.0 Å². The largest absolute Gasteiger partial charge is 0.291 e. The van der Waals surface area contributed by atoms with Gasteiger partial charge in [0.05, 0.1) is 5.56 Å². The number of aromatic nitrogens is 3. The van der Waals surface area contributed by atoms with Gasteiger partial charge in [-0.2, -0.15) is 4.39 Å². The van der Waals surface area contributed by atoms with Crippen molar-refractivity contribution in [1.29, 1.82) is 0 Å². The maximum Gasteiger partial charge on any atom is 0.291 e. The monoisotopic (exact) mass is 383 g/mol. The number of carbonyl (C=O) groups is 2. The molecule has 3 aromatic rings. The van der Waals surface area contributed by atoms with E-state index >= 15 is 0 Å². The summed E-state index contributed by atoms with van der Waals surface area (Å²) in [5, 5.41) is 4.89. The highest BCUT2D eigenvalue weighted by molar-refractivity contribution is 7.13. The molecule has 0 radical (unpaired) electrons. The SMILES string of the molecule is O=C(c1csc(-c2cccnc2)n1)N1CCCN1C(=O)c1cccnc1F. The summed E-state index contributed by atoms with van der Waals surface area (Å²) < 4.78 is 13.9. The van der Waals surface area contributed by atoms with Crippen LogP contribution in [0.2, 0.25) is 0 Å². The van der Waals surface area contributed by atoms with Gasteiger partial charge >= 0.3 is 0 Å². The lowest BCUT2D eigenvalue weighted by Gasteiger charge is -2.27. The number of amides is 2. The van der Waals surface area contributed by atoms with Crippen molar-refractivity contribution >= 4 is 23.2 Å². The Morgan fingerprint density at radius 1 is 1.07 bits per heavy atom.